The average Bonchev–Trinajstić information content (AvgIpc) is 3.38. The van der Waals surface area contributed by atoms with Crippen molar-refractivity contribution in [2.75, 3.05) is 13.1 Å². The van der Waals surface area contributed by atoms with Gasteiger partial charge in [0.25, 0.3) is 0 Å². The molecule has 0 unspecified atom stereocenters. The molecule has 0 bridgehead atoms. The molecule has 1 aromatic rings. The standard InChI is InChI=1S/C18H24FN3O2/c1-11-10-22(18(24)13-2-3-13)9-8-15(11)21-16(17(20)23)12-4-6-14(19)7-5-12/h4-7,11,13,15-16,21H,2-3,8-10H2,1H3,(H2,20,23)/t11-,15+,16-/m1/s1. The van der Waals surface area contributed by atoms with Crippen LogP contribution in [0.5, 0.6) is 0 Å². The summed E-state index contributed by atoms with van der Waals surface area (Å²) in [6, 6.07) is 5.25. The fourth-order valence-electron chi connectivity index (χ4n) is 3.39. The molecular weight excluding hydrogens is 309 g/mol. The van der Waals surface area contributed by atoms with E-state index in [9.17, 15) is 14.0 Å². The Kier molecular flexibility index (Phi) is 4.85. The Morgan fingerprint density at radius 1 is 1.25 bits per heavy atom. The van der Waals surface area contributed by atoms with Gasteiger partial charge in [0.1, 0.15) is 11.9 Å². The number of amides is 2. The summed E-state index contributed by atoms with van der Waals surface area (Å²) in [6.45, 7) is 3.47. The summed E-state index contributed by atoms with van der Waals surface area (Å²) in [4.78, 5) is 26.0. The van der Waals surface area contributed by atoms with Crippen molar-refractivity contribution < 1.29 is 14.0 Å². The van der Waals surface area contributed by atoms with E-state index < -0.39 is 11.9 Å². The summed E-state index contributed by atoms with van der Waals surface area (Å²) >= 11 is 0. The molecule has 5 nitrogen and oxygen atoms in total. The van der Waals surface area contributed by atoms with Crippen LogP contribution in [0.1, 0.15) is 37.8 Å². The molecule has 3 N–H and O–H groups in total. The lowest BCUT2D eigenvalue weighted by atomic mass is 9.91. The van der Waals surface area contributed by atoms with Gasteiger partial charge in [0.05, 0.1) is 0 Å². The average molecular weight is 333 g/mol. The van der Waals surface area contributed by atoms with Crippen molar-refractivity contribution in [2.24, 2.45) is 17.6 Å². The van der Waals surface area contributed by atoms with E-state index in [4.69, 9.17) is 5.73 Å². The van der Waals surface area contributed by atoms with E-state index in [1.165, 1.54) is 12.1 Å². The van der Waals surface area contributed by atoms with E-state index in [1.54, 1.807) is 12.1 Å². The lowest BCUT2D eigenvalue weighted by Crippen LogP contribution is -2.52. The number of nitrogens with two attached hydrogens (primary N) is 1. The van der Waals surface area contributed by atoms with E-state index in [0.717, 1.165) is 19.3 Å². The minimum atomic E-state index is -0.649. The fourth-order valence-corrected chi connectivity index (χ4v) is 3.39. The Labute approximate surface area is 141 Å². The first-order valence-corrected chi connectivity index (χ1v) is 8.55. The smallest absolute Gasteiger partial charge is 0.239 e. The van der Waals surface area contributed by atoms with Crippen molar-refractivity contribution in [1.82, 2.24) is 10.2 Å². The molecule has 0 aromatic heterocycles. The molecule has 6 heteroatoms. The molecule has 1 aliphatic carbocycles. The third kappa shape index (κ3) is 3.75. The van der Waals surface area contributed by atoms with Crippen LogP contribution in [0.3, 0.4) is 0 Å². The van der Waals surface area contributed by atoms with E-state index in [-0.39, 0.29) is 29.6 Å². The van der Waals surface area contributed by atoms with Crippen LogP contribution in [-0.2, 0) is 9.59 Å². The van der Waals surface area contributed by atoms with Gasteiger partial charge in [-0.1, -0.05) is 19.1 Å². The molecule has 1 aliphatic heterocycles. The second kappa shape index (κ2) is 6.89. The number of nitrogens with zero attached hydrogens (tertiary/aromatic N) is 1. The van der Waals surface area contributed by atoms with Crippen molar-refractivity contribution >= 4 is 11.8 Å². The topological polar surface area (TPSA) is 75.4 Å². The SMILES string of the molecule is C[C@@H]1CN(C(=O)C2CC2)CC[C@@H]1N[C@@H](C(N)=O)c1ccc(F)cc1. The van der Waals surface area contributed by atoms with Crippen LogP contribution >= 0.6 is 0 Å². The minimum absolute atomic E-state index is 0.0933. The number of nitrogens with one attached hydrogen (secondary N) is 1. The fraction of sp³-hybridized carbons (Fsp3) is 0.556. The monoisotopic (exact) mass is 333 g/mol. The van der Waals surface area contributed by atoms with Gasteiger partial charge in [-0.25, -0.2) is 4.39 Å². The second-order valence-corrected chi connectivity index (χ2v) is 6.98. The van der Waals surface area contributed by atoms with Gasteiger partial charge in [-0.15, -0.1) is 0 Å². The Balaban J connectivity index is 1.64. The number of piperidine rings is 1. The molecule has 3 rings (SSSR count). The maximum atomic E-state index is 13.1. The first-order valence-electron chi connectivity index (χ1n) is 8.55. The van der Waals surface area contributed by atoms with Crippen LogP contribution < -0.4 is 11.1 Å². The van der Waals surface area contributed by atoms with Crippen LogP contribution in [0, 0.1) is 17.7 Å². The molecule has 2 amide bonds. The highest BCUT2D eigenvalue weighted by atomic mass is 19.1. The molecule has 1 heterocycles. The summed E-state index contributed by atoms with van der Waals surface area (Å²) in [7, 11) is 0. The van der Waals surface area contributed by atoms with Crippen LogP contribution in [0.25, 0.3) is 0 Å². The highest BCUT2D eigenvalue weighted by Crippen LogP contribution is 2.32. The third-order valence-corrected chi connectivity index (χ3v) is 5.01. The quantitative estimate of drug-likeness (QED) is 0.859. The van der Waals surface area contributed by atoms with E-state index in [2.05, 4.69) is 12.2 Å². The number of rotatable bonds is 5. The van der Waals surface area contributed by atoms with Gasteiger partial charge in [-0.3, -0.25) is 14.9 Å². The van der Waals surface area contributed by atoms with Gasteiger partial charge >= 0.3 is 0 Å². The first kappa shape index (κ1) is 16.9. The number of hydrogen-bond donors (Lipinski definition) is 2. The molecule has 2 fully saturated rings. The second-order valence-electron chi connectivity index (χ2n) is 6.98. The van der Waals surface area contributed by atoms with Crippen molar-refractivity contribution in [3.8, 4) is 0 Å². The third-order valence-electron chi connectivity index (χ3n) is 5.01. The highest BCUT2D eigenvalue weighted by molar-refractivity contribution is 5.82. The number of carbonyl (C=O) groups is 2. The van der Waals surface area contributed by atoms with Gasteiger partial charge in [0.15, 0.2) is 0 Å². The zero-order chi connectivity index (χ0) is 17.3. The summed E-state index contributed by atoms with van der Waals surface area (Å²) in [6.07, 6.45) is 2.81. The number of carbonyl (C=O) groups excluding carboxylic acids is 2. The predicted molar refractivity (Wildman–Crippen MR) is 88.3 cm³/mol. The normalized spacial score (nSPS) is 25.3. The van der Waals surface area contributed by atoms with Crippen LogP contribution in [-0.4, -0.2) is 35.8 Å². The van der Waals surface area contributed by atoms with E-state index >= 15 is 0 Å². The number of hydrogen-bond acceptors (Lipinski definition) is 3. The van der Waals surface area contributed by atoms with Crippen LogP contribution in [0.15, 0.2) is 24.3 Å². The molecule has 1 aromatic carbocycles. The summed E-state index contributed by atoms with van der Waals surface area (Å²) in [5.74, 6) is -0.0964. The lowest BCUT2D eigenvalue weighted by molar-refractivity contribution is -0.135. The Bertz CT molecular complexity index is 615. The van der Waals surface area contributed by atoms with E-state index in [0.29, 0.717) is 18.7 Å². The molecule has 2 aliphatic rings. The minimum Gasteiger partial charge on any atom is -0.368 e. The molecule has 0 radical (unpaired) electrons. The number of primary amides is 1. The first-order chi connectivity index (χ1) is 11.5. The van der Waals surface area contributed by atoms with Gasteiger partial charge in [-0.05, 0) is 42.9 Å². The Morgan fingerprint density at radius 3 is 2.46 bits per heavy atom. The number of benzene rings is 1. The molecule has 1 saturated heterocycles. The molecular formula is C18H24FN3O2. The maximum absolute atomic E-state index is 13.1. The molecule has 1 saturated carbocycles. The van der Waals surface area contributed by atoms with Gasteiger partial charge in [0.2, 0.25) is 11.8 Å². The summed E-state index contributed by atoms with van der Waals surface area (Å²) < 4.78 is 13.1. The van der Waals surface area contributed by atoms with Crippen molar-refractivity contribution in [1.29, 1.82) is 0 Å². The molecule has 3 atom stereocenters. The predicted octanol–water partition coefficient (Wildman–Crippen LogP) is 1.59. The Hall–Kier alpha value is -1.95. The zero-order valence-electron chi connectivity index (χ0n) is 13.9. The van der Waals surface area contributed by atoms with Crippen molar-refractivity contribution in [3.05, 3.63) is 35.6 Å². The van der Waals surface area contributed by atoms with Crippen molar-refractivity contribution in [3.63, 3.8) is 0 Å². The van der Waals surface area contributed by atoms with Gasteiger partial charge < -0.3 is 10.6 Å². The van der Waals surface area contributed by atoms with Gasteiger partial charge in [-0.2, -0.15) is 0 Å². The maximum Gasteiger partial charge on any atom is 0.239 e. The van der Waals surface area contributed by atoms with Crippen LogP contribution in [0.2, 0.25) is 0 Å². The number of halogens is 1. The van der Waals surface area contributed by atoms with Crippen molar-refractivity contribution in [2.45, 2.75) is 38.3 Å². The van der Waals surface area contributed by atoms with Gasteiger partial charge in [0, 0.05) is 25.0 Å². The summed E-state index contributed by atoms with van der Waals surface area (Å²) in [5.41, 5.74) is 6.19. The van der Waals surface area contributed by atoms with Crippen LogP contribution in [0.4, 0.5) is 4.39 Å². The summed E-state index contributed by atoms with van der Waals surface area (Å²) in [5, 5.41) is 3.31. The molecule has 0 spiro atoms. The largest absolute Gasteiger partial charge is 0.368 e. The Morgan fingerprint density at radius 2 is 1.92 bits per heavy atom. The zero-order valence-corrected chi connectivity index (χ0v) is 13.9. The van der Waals surface area contributed by atoms with E-state index in [1.807, 2.05) is 4.90 Å². The number of likely N-dealkylation sites (tertiary alicyclic amines) is 1. The molecule has 130 valence electrons. The lowest BCUT2D eigenvalue weighted by Gasteiger charge is -2.39. The highest BCUT2D eigenvalue weighted by Gasteiger charge is 2.37. The molecule has 24 heavy (non-hydrogen) atoms.